The zero-order valence-electron chi connectivity index (χ0n) is 9.59. The minimum atomic E-state index is -1.01. The standard InChI is InChI=1S/C13H8BrN3O2/c14-9-3-1-7(2-4-9)11-16-10-5-8(13(18)19)6-15-12(10)17-11/h1-6H,(H,18,19)(H,15,16,17). The highest BCUT2D eigenvalue weighted by Crippen LogP contribution is 2.21. The molecule has 1 aromatic carbocycles. The normalized spacial score (nSPS) is 10.8. The summed E-state index contributed by atoms with van der Waals surface area (Å²) in [6.07, 6.45) is 1.30. The summed E-state index contributed by atoms with van der Waals surface area (Å²) in [5.41, 5.74) is 2.16. The second kappa shape index (κ2) is 4.47. The van der Waals surface area contributed by atoms with Crippen LogP contribution in [-0.2, 0) is 0 Å². The van der Waals surface area contributed by atoms with E-state index in [-0.39, 0.29) is 5.56 Å². The third-order valence-corrected chi connectivity index (χ3v) is 3.23. The van der Waals surface area contributed by atoms with Gasteiger partial charge in [0.15, 0.2) is 5.65 Å². The molecule has 0 aliphatic heterocycles. The number of carbonyl (C=O) groups is 1. The van der Waals surface area contributed by atoms with Gasteiger partial charge < -0.3 is 10.1 Å². The van der Waals surface area contributed by atoms with Crippen molar-refractivity contribution in [2.45, 2.75) is 0 Å². The molecule has 6 heteroatoms. The van der Waals surface area contributed by atoms with Gasteiger partial charge in [0, 0.05) is 16.2 Å². The van der Waals surface area contributed by atoms with Crippen molar-refractivity contribution in [3.8, 4) is 11.4 Å². The Morgan fingerprint density at radius 1 is 1.26 bits per heavy atom. The van der Waals surface area contributed by atoms with Crippen LogP contribution in [0.2, 0.25) is 0 Å². The predicted molar refractivity (Wildman–Crippen MR) is 74.0 cm³/mol. The van der Waals surface area contributed by atoms with Crippen LogP contribution in [0.1, 0.15) is 10.4 Å². The summed E-state index contributed by atoms with van der Waals surface area (Å²) in [5, 5.41) is 8.92. The number of rotatable bonds is 2. The van der Waals surface area contributed by atoms with E-state index < -0.39 is 5.97 Å². The number of hydrogen-bond donors (Lipinski definition) is 2. The summed E-state index contributed by atoms with van der Waals surface area (Å²) >= 11 is 3.37. The summed E-state index contributed by atoms with van der Waals surface area (Å²) < 4.78 is 0.985. The van der Waals surface area contributed by atoms with E-state index in [9.17, 15) is 4.79 Å². The molecule has 0 amide bonds. The number of aromatic carboxylic acids is 1. The highest BCUT2D eigenvalue weighted by Gasteiger charge is 2.09. The topological polar surface area (TPSA) is 78.9 Å². The molecule has 0 radical (unpaired) electrons. The van der Waals surface area contributed by atoms with Gasteiger partial charge in [-0.3, -0.25) is 0 Å². The third-order valence-electron chi connectivity index (χ3n) is 2.70. The number of aromatic nitrogens is 3. The summed E-state index contributed by atoms with van der Waals surface area (Å²) in [6, 6.07) is 9.19. The van der Waals surface area contributed by atoms with Gasteiger partial charge in [0.1, 0.15) is 5.82 Å². The molecule has 3 aromatic rings. The van der Waals surface area contributed by atoms with Crippen LogP contribution in [0.25, 0.3) is 22.6 Å². The molecule has 0 fully saturated rings. The molecule has 3 rings (SSSR count). The number of benzene rings is 1. The highest BCUT2D eigenvalue weighted by molar-refractivity contribution is 9.10. The lowest BCUT2D eigenvalue weighted by molar-refractivity contribution is 0.0696. The minimum Gasteiger partial charge on any atom is -0.478 e. The lowest BCUT2D eigenvalue weighted by atomic mass is 10.2. The molecule has 0 saturated carbocycles. The van der Waals surface area contributed by atoms with Gasteiger partial charge in [-0.25, -0.2) is 14.8 Å². The molecule has 2 N–H and O–H groups in total. The number of nitrogens with zero attached hydrogens (tertiary/aromatic N) is 2. The average molecular weight is 318 g/mol. The van der Waals surface area contributed by atoms with Gasteiger partial charge in [-0.2, -0.15) is 0 Å². The van der Waals surface area contributed by atoms with Crippen molar-refractivity contribution < 1.29 is 9.90 Å². The molecule has 0 spiro atoms. The third kappa shape index (κ3) is 2.22. The minimum absolute atomic E-state index is 0.138. The number of H-pyrrole nitrogens is 1. The maximum Gasteiger partial charge on any atom is 0.337 e. The number of halogens is 1. The predicted octanol–water partition coefficient (Wildman–Crippen LogP) is 3.09. The van der Waals surface area contributed by atoms with Crippen molar-refractivity contribution in [2.75, 3.05) is 0 Å². The van der Waals surface area contributed by atoms with E-state index in [1.165, 1.54) is 12.3 Å². The number of hydrogen-bond acceptors (Lipinski definition) is 3. The molecule has 94 valence electrons. The van der Waals surface area contributed by atoms with Crippen LogP contribution in [0.5, 0.6) is 0 Å². The van der Waals surface area contributed by atoms with E-state index in [0.29, 0.717) is 17.0 Å². The molecule has 2 heterocycles. The Labute approximate surface area is 116 Å². The van der Waals surface area contributed by atoms with Crippen molar-refractivity contribution >= 4 is 33.1 Å². The quantitative estimate of drug-likeness (QED) is 0.761. The number of imidazole rings is 1. The van der Waals surface area contributed by atoms with Crippen molar-refractivity contribution in [3.05, 3.63) is 46.6 Å². The smallest absolute Gasteiger partial charge is 0.337 e. The molecule has 5 nitrogen and oxygen atoms in total. The SMILES string of the molecule is O=C(O)c1cnc2nc(-c3ccc(Br)cc3)[nH]c2c1. The molecule has 0 unspecified atom stereocenters. The van der Waals surface area contributed by atoms with Gasteiger partial charge in [-0.1, -0.05) is 28.1 Å². The fourth-order valence-electron chi connectivity index (χ4n) is 1.76. The maximum absolute atomic E-state index is 10.9. The Bertz CT molecular complexity index is 765. The van der Waals surface area contributed by atoms with Crippen LogP contribution in [-0.4, -0.2) is 26.0 Å². The van der Waals surface area contributed by atoms with Gasteiger partial charge in [0.25, 0.3) is 0 Å². The Balaban J connectivity index is 2.11. The highest BCUT2D eigenvalue weighted by atomic mass is 79.9. The molecule has 0 saturated heterocycles. The van der Waals surface area contributed by atoms with E-state index in [1.54, 1.807) is 0 Å². The van der Waals surface area contributed by atoms with Gasteiger partial charge in [0.2, 0.25) is 0 Å². The lowest BCUT2D eigenvalue weighted by Gasteiger charge is -1.95. The first-order valence-electron chi connectivity index (χ1n) is 5.48. The molecule has 0 aliphatic carbocycles. The number of aromatic amines is 1. The summed E-state index contributed by atoms with van der Waals surface area (Å²) in [5.74, 6) is -0.341. The molecule has 0 bridgehead atoms. The molecule has 0 aliphatic rings. The van der Waals surface area contributed by atoms with Gasteiger partial charge in [-0.05, 0) is 18.2 Å². The van der Waals surface area contributed by atoms with Crippen LogP contribution in [0.3, 0.4) is 0 Å². The Kier molecular flexibility index (Phi) is 2.79. The number of nitrogens with one attached hydrogen (secondary N) is 1. The average Bonchev–Trinajstić information content (AvgIpc) is 2.82. The van der Waals surface area contributed by atoms with Crippen LogP contribution in [0.4, 0.5) is 0 Å². The van der Waals surface area contributed by atoms with Gasteiger partial charge in [0.05, 0.1) is 11.1 Å². The van der Waals surface area contributed by atoms with Crippen LogP contribution in [0.15, 0.2) is 41.0 Å². The van der Waals surface area contributed by atoms with Crippen LogP contribution >= 0.6 is 15.9 Å². The number of carboxylic acids is 1. The lowest BCUT2D eigenvalue weighted by Crippen LogP contribution is -1.96. The monoisotopic (exact) mass is 317 g/mol. The molecule has 19 heavy (non-hydrogen) atoms. The maximum atomic E-state index is 10.9. The fraction of sp³-hybridized carbons (Fsp3) is 0. The molecule has 0 atom stereocenters. The van der Waals surface area contributed by atoms with Crippen LogP contribution < -0.4 is 0 Å². The number of pyridine rings is 1. The zero-order chi connectivity index (χ0) is 13.4. The first-order valence-corrected chi connectivity index (χ1v) is 6.28. The van der Waals surface area contributed by atoms with Crippen molar-refractivity contribution in [1.82, 2.24) is 15.0 Å². The summed E-state index contributed by atoms with van der Waals surface area (Å²) in [7, 11) is 0. The molecule has 2 aromatic heterocycles. The molecular formula is C13H8BrN3O2. The van der Waals surface area contributed by atoms with Crippen molar-refractivity contribution in [2.24, 2.45) is 0 Å². The zero-order valence-corrected chi connectivity index (χ0v) is 11.2. The number of carboxylic acid groups (broad SMARTS) is 1. The van der Waals surface area contributed by atoms with Crippen molar-refractivity contribution in [1.29, 1.82) is 0 Å². The first kappa shape index (κ1) is 11.9. The number of fused-ring (bicyclic) bond motifs is 1. The second-order valence-corrected chi connectivity index (χ2v) is 4.91. The molecular weight excluding hydrogens is 310 g/mol. The summed E-state index contributed by atoms with van der Waals surface area (Å²) in [4.78, 5) is 22.3. The van der Waals surface area contributed by atoms with E-state index in [1.807, 2.05) is 24.3 Å². The van der Waals surface area contributed by atoms with Gasteiger partial charge >= 0.3 is 5.97 Å². The van der Waals surface area contributed by atoms with E-state index in [0.717, 1.165) is 10.0 Å². The van der Waals surface area contributed by atoms with Crippen LogP contribution in [0, 0.1) is 0 Å². The Morgan fingerprint density at radius 2 is 2.00 bits per heavy atom. The van der Waals surface area contributed by atoms with E-state index in [4.69, 9.17) is 5.11 Å². The fourth-order valence-corrected chi connectivity index (χ4v) is 2.03. The Hall–Kier alpha value is -2.21. The van der Waals surface area contributed by atoms with Crippen molar-refractivity contribution in [3.63, 3.8) is 0 Å². The second-order valence-electron chi connectivity index (χ2n) is 3.99. The van der Waals surface area contributed by atoms with E-state index in [2.05, 4.69) is 30.9 Å². The van der Waals surface area contributed by atoms with Gasteiger partial charge in [-0.15, -0.1) is 0 Å². The first-order chi connectivity index (χ1) is 9.13. The van der Waals surface area contributed by atoms with E-state index >= 15 is 0 Å². The Morgan fingerprint density at radius 3 is 2.68 bits per heavy atom. The summed E-state index contributed by atoms with van der Waals surface area (Å²) in [6.45, 7) is 0. The largest absolute Gasteiger partial charge is 0.478 e.